The Balaban J connectivity index is 0.000000230. The van der Waals surface area contributed by atoms with Gasteiger partial charge in [-0.15, -0.1) is 0 Å². The van der Waals surface area contributed by atoms with Gasteiger partial charge in [0, 0.05) is 54.4 Å². The van der Waals surface area contributed by atoms with Crippen LogP contribution in [0.15, 0.2) is 121 Å². The summed E-state index contributed by atoms with van der Waals surface area (Å²) < 4.78 is 15.6. The lowest BCUT2D eigenvalue weighted by molar-refractivity contribution is -0.138. The van der Waals surface area contributed by atoms with Crippen molar-refractivity contribution < 1.29 is 43.0 Å². The van der Waals surface area contributed by atoms with E-state index in [2.05, 4.69) is 13.2 Å². The molecule has 3 aliphatic carbocycles. The summed E-state index contributed by atoms with van der Waals surface area (Å²) in [6.07, 6.45) is 16.8. The van der Waals surface area contributed by atoms with E-state index in [0.29, 0.717) is 42.1 Å². The van der Waals surface area contributed by atoms with E-state index in [-0.39, 0.29) is 23.3 Å². The maximum absolute atomic E-state index is 12.3. The van der Waals surface area contributed by atoms with E-state index in [1.165, 1.54) is 18.6 Å². The number of hydrogen-bond donors (Lipinski definition) is 0. The van der Waals surface area contributed by atoms with Gasteiger partial charge in [0.25, 0.3) is 0 Å². The van der Waals surface area contributed by atoms with Gasteiger partial charge in [-0.2, -0.15) is 0 Å². The fraction of sp³-hybridized carbons (Fsp3) is 0.229. The van der Waals surface area contributed by atoms with Gasteiger partial charge in [0.15, 0.2) is 17.3 Å². The number of carbonyl (C=O) groups is 6. The molecule has 0 spiro atoms. The van der Waals surface area contributed by atoms with Crippen molar-refractivity contribution in [3.8, 4) is 11.5 Å². The third-order valence-electron chi connectivity index (χ3n) is 9.27. The Kier molecular flexibility index (Phi) is 15.2. The van der Waals surface area contributed by atoms with Crippen LogP contribution in [0.3, 0.4) is 0 Å². The van der Waals surface area contributed by atoms with Crippen molar-refractivity contribution in [3.63, 3.8) is 0 Å². The second kappa shape index (κ2) is 20.6. The fourth-order valence-corrected chi connectivity index (χ4v) is 5.80. The number of ketones is 3. The zero-order valence-electron chi connectivity index (χ0n) is 32.1. The maximum Gasteiger partial charge on any atom is 0.343 e. The molecule has 0 unspecified atom stereocenters. The number of benzene rings is 3. The average molecular weight is 766 g/mol. The molecule has 0 amide bonds. The first-order valence-corrected chi connectivity index (χ1v) is 19.0. The van der Waals surface area contributed by atoms with Crippen LogP contribution >= 0.6 is 0 Å². The minimum atomic E-state index is -0.473. The molecule has 0 saturated heterocycles. The van der Waals surface area contributed by atoms with Gasteiger partial charge in [0.2, 0.25) is 0 Å². The van der Waals surface area contributed by atoms with Crippen molar-refractivity contribution in [2.45, 2.75) is 64.7 Å². The van der Waals surface area contributed by atoms with Crippen LogP contribution in [-0.2, 0) is 23.9 Å². The molecule has 0 bridgehead atoms. The van der Waals surface area contributed by atoms with Gasteiger partial charge in [0.05, 0.1) is 12.2 Å². The average Bonchev–Trinajstić information content (AvgIpc) is 4.09. The predicted octanol–water partition coefficient (Wildman–Crippen LogP) is 9.35. The van der Waals surface area contributed by atoms with Crippen LogP contribution in [0.25, 0.3) is 11.1 Å². The zero-order chi connectivity index (χ0) is 40.7. The molecule has 9 heteroatoms. The molecular weight excluding hydrogens is 721 g/mol. The van der Waals surface area contributed by atoms with Gasteiger partial charge >= 0.3 is 17.9 Å². The lowest BCUT2D eigenvalue weighted by Gasteiger charge is -2.07. The highest BCUT2D eigenvalue weighted by atomic mass is 16.5. The van der Waals surface area contributed by atoms with Crippen molar-refractivity contribution in [1.82, 2.24) is 0 Å². The van der Waals surface area contributed by atoms with E-state index in [1.807, 2.05) is 49.3 Å². The number of ether oxygens (including phenoxy) is 3. The van der Waals surface area contributed by atoms with E-state index in [4.69, 9.17) is 14.2 Å². The standard InChI is InChI=1S/C28H24O5.C20H21O4/c1-2-26(29)25-18-22(25)6-4-3-5-7-27(30)32-23-16-12-21(13-17-23)28(31)33-24-14-10-20(11-15-24)19-8-9-19;1-3-20(23)24-12-6-4-5-7-19(22)18-13-17(18)16-10-8-15(9-11-16)14(2)21/h2,8-18H,1,3-7H2;3,8-11,13H,1,4-7,12H2,2H3. The van der Waals surface area contributed by atoms with Crippen LogP contribution in [0.1, 0.15) is 96.6 Å². The number of allylic oxidation sites excluding steroid dienone is 7. The van der Waals surface area contributed by atoms with Crippen molar-refractivity contribution in [1.29, 1.82) is 0 Å². The zero-order valence-corrected chi connectivity index (χ0v) is 32.1. The lowest BCUT2D eigenvalue weighted by Crippen LogP contribution is -2.10. The molecular formula is C48H45O9. The number of carbonyl (C=O) groups excluding carboxylic acids is 6. The van der Waals surface area contributed by atoms with Gasteiger partial charge in [-0.05, 0) is 104 Å². The van der Waals surface area contributed by atoms with Gasteiger partial charge < -0.3 is 14.2 Å². The van der Waals surface area contributed by atoms with Crippen molar-refractivity contribution in [2.24, 2.45) is 0 Å². The molecule has 0 heterocycles. The Bertz CT molecular complexity index is 2100. The first-order valence-electron chi connectivity index (χ1n) is 19.0. The molecule has 0 atom stereocenters. The van der Waals surface area contributed by atoms with Crippen LogP contribution in [0, 0.1) is 18.8 Å². The SMILES string of the molecule is C=CC(=O)C1=C[C]1CCCCCC(=O)Oc1ccc(C(=O)Oc2ccc(C3=C[CH]3)cc2)cc1.C=CC(=O)OCCCCCC(=O)C1=C(c2ccc(C(C)=O)cc2)[CH]1. The third kappa shape index (κ3) is 13.5. The Hall–Kier alpha value is -6.22. The second-order valence-electron chi connectivity index (χ2n) is 13.6. The van der Waals surface area contributed by atoms with E-state index >= 15 is 0 Å². The van der Waals surface area contributed by atoms with Gasteiger partial charge in [-0.25, -0.2) is 9.59 Å². The van der Waals surface area contributed by atoms with E-state index in [0.717, 1.165) is 84.8 Å². The largest absolute Gasteiger partial charge is 0.463 e. The molecule has 3 aromatic carbocycles. The third-order valence-corrected chi connectivity index (χ3v) is 9.27. The molecule has 3 radical (unpaired) electrons. The smallest absolute Gasteiger partial charge is 0.343 e. The molecule has 57 heavy (non-hydrogen) atoms. The normalized spacial score (nSPS) is 13.5. The number of rotatable bonds is 22. The summed E-state index contributed by atoms with van der Waals surface area (Å²) in [6.45, 7) is 8.70. The Morgan fingerprint density at radius 3 is 1.93 bits per heavy atom. The molecule has 9 nitrogen and oxygen atoms in total. The summed E-state index contributed by atoms with van der Waals surface area (Å²) in [4.78, 5) is 70.0. The molecule has 0 fully saturated rings. The predicted molar refractivity (Wildman–Crippen MR) is 218 cm³/mol. The molecule has 291 valence electrons. The molecule has 3 aromatic rings. The number of unbranched alkanes of at least 4 members (excludes halogenated alkanes) is 4. The fourth-order valence-electron chi connectivity index (χ4n) is 5.80. The van der Waals surface area contributed by atoms with E-state index < -0.39 is 11.9 Å². The lowest BCUT2D eigenvalue weighted by atomic mass is 10.1. The Labute approximate surface area is 333 Å². The first-order chi connectivity index (χ1) is 27.6. The van der Waals surface area contributed by atoms with Crippen LogP contribution < -0.4 is 9.47 Å². The van der Waals surface area contributed by atoms with E-state index in [9.17, 15) is 28.8 Å². The minimum absolute atomic E-state index is 0.0210. The quantitative estimate of drug-likeness (QED) is 0.0323. The van der Waals surface area contributed by atoms with Crippen LogP contribution in [-0.4, -0.2) is 41.9 Å². The van der Waals surface area contributed by atoms with Crippen LogP contribution in [0.2, 0.25) is 0 Å². The van der Waals surface area contributed by atoms with Gasteiger partial charge in [-0.1, -0.05) is 74.5 Å². The number of Topliss-reactive ketones (excluding diaryl/α,β-unsaturated/α-hetero) is 2. The Morgan fingerprint density at radius 2 is 1.28 bits per heavy atom. The minimum Gasteiger partial charge on any atom is -0.463 e. The first kappa shape index (κ1) is 41.9. The molecule has 6 rings (SSSR count). The highest BCUT2D eigenvalue weighted by molar-refractivity contribution is 6.18. The topological polar surface area (TPSA) is 130 Å². The van der Waals surface area contributed by atoms with Crippen molar-refractivity contribution >= 4 is 46.4 Å². The van der Waals surface area contributed by atoms with Crippen LogP contribution in [0.4, 0.5) is 0 Å². The summed E-state index contributed by atoms with van der Waals surface area (Å²) in [5.74, 6) is 0.908. The Morgan fingerprint density at radius 1 is 0.667 bits per heavy atom. The summed E-state index contributed by atoms with van der Waals surface area (Å²) in [6, 6.07) is 21.0. The monoisotopic (exact) mass is 765 g/mol. The molecule has 0 N–H and O–H groups in total. The van der Waals surface area contributed by atoms with Crippen LogP contribution in [0.5, 0.6) is 11.5 Å². The highest BCUT2D eigenvalue weighted by Crippen LogP contribution is 2.40. The summed E-state index contributed by atoms with van der Waals surface area (Å²) in [7, 11) is 0. The number of hydrogen-bond acceptors (Lipinski definition) is 9. The highest BCUT2D eigenvalue weighted by Gasteiger charge is 2.30. The van der Waals surface area contributed by atoms with E-state index in [1.54, 1.807) is 48.5 Å². The van der Waals surface area contributed by atoms with Gasteiger partial charge in [0.1, 0.15) is 11.5 Å². The summed E-state index contributed by atoms with van der Waals surface area (Å²) in [5.41, 5.74) is 6.82. The molecule has 0 aromatic heterocycles. The maximum atomic E-state index is 12.3. The van der Waals surface area contributed by atoms with Crippen molar-refractivity contribution in [3.05, 3.63) is 162 Å². The number of esters is 3. The van der Waals surface area contributed by atoms with Crippen molar-refractivity contribution in [2.75, 3.05) is 6.61 Å². The van der Waals surface area contributed by atoms with Gasteiger partial charge in [-0.3, -0.25) is 19.2 Å². The summed E-state index contributed by atoms with van der Waals surface area (Å²) >= 11 is 0. The molecule has 0 saturated carbocycles. The second-order valence-corrected chi connectivity index (χ2v) is 13.6. The molecule has 0 aliphatic heterocycles. The summed E-state index contributed by atoms with van der Waals surface area (Å²) in [5, 5.41) is 0. The molecule has 3 aliphatic rings.